The first-order chi connectivity index (χ1) is 11.8. The molecule has 2 atom stereocenters. The van der Waals surface area contributed by atoms with E-state index in [2.05, 4.69) is 4.98 Å². The Morgan fingerprint density at radius 3 is 2.72 bits per heavy atom. The Morgan fingerprint density at radius 1 is 1.32 bits per heavy atom. The number of carbonyl (C=O) groups is 1. The van der Waals surface area contributed by atoms with Gasteiger partial charge in [-0.3, -0.25) is 4.79 Å². The molecular formula is C18H15ClF3NO2. The first-order valence-corrected chi connectivity index (χ1v) is 8.19. The second-order valence-electron chi connectivity index (χ2n) is 5.86. The zero-order chi connectivity index (χ0) is 18.2. The van der Waals surface area contributed by atoms with Gasteiger partial charge in [-0.05, 0) is 37.1 Å². The van der Waals surface area contributed by atoms with Crippen LogP contribution in [0.2, 0.25) is 5.15 Å². The first kappa shape index (κ1) is 17.7. The Balaban J connectivity index is 1.83. The number of aromatic nitrogens is 1. The predicted molar refractivity (Wildman–Crippen MR) is 87.2 cm³/mol. The second kappa shape index (κ2) is 6.67. The lowest BCUT2D eigenvalue weighted by atomic mass is 10.1. The van der Waals surface area contributed by atoms with Crippen LogP contribution in [-0.2, 0) is 15.7 Å². The van der Waals surface area contributed by atoms with Gasteiger partial charge in [0.2, 0.25) is 0 Å². The van der Waals surface area contributed by atoms with Crippen LogP contribution in [0.15, 0.2) is 36.4 Å². The highest BCUT2D eigenvalue weighted by atomic mass is 35.5. The van der Waals surface area contributed by atoms with Crippen molar-refractivity contribution < 1.29 is 22.7 Å². The van der Waals surface area contributed by atoms with Crippen molar-refractivity contribution in [3.63, 3.8) is 0 Å². The number of carbonyl (C=O) groups excluding carboxylic acids is 1. The van der Waals surface area contributed by atoms with E-state index in [0.717, 1.165) is 17.7 Å². The van der Waals surface area contributed by atoms with Crippen LogP contribution in [0.25, 0.3) is 11.3 Å². The minimum atomic E-state index is -4.42. The molecule has 3 rings (SSSR count). The highest BCUT2D eigenvalue weighted by Gasteiger charge is 2.46. The lowest BCUT2D eigenvalue weighted by molar-refractivity contribution is -0.144. The topological polar surface area (TPSA) is 39.2 Å². The van der Waals surface area contributed by atoms with Crippen LogP contribution in [0.1, 0.15) is 30.4 Å². The van der Waals surface area contributed by atoms with Crippen LogP contribution in [0.3, 0.4) is 0 Å². The number of pyridine rings is 1. The number of hydrogen-bond donors (Lipinski definition) is 0. The van der Waals surface area contributed by atoms with E-state index in [0.29, 0.717) is 24.3 Å². The fraction of sp³-hybridized carbons (Fsp3) is 0.333. The molecule has 1 aromatic carbocycles. The fourth-order valence-corrected chi connectivity index (χ4v) is 3.08. The van der Waals surface area contributed by atoms with Crippen molar-refractivity contribution in [1.29, 1.82) is 0 Å². The van der Waals surface area contributed by atoms with Gasteiger partial charge >= 0.3 is 12.1 Å². The number of rotatable bonds is 4. The first-order valence-electron chi connectivity index (χ1n) is 7.82. The molecule has 0 spiro atoms. The van der Waals surface area contributed by atoms with Gasteiger partial charge in [0.05, 0.1) is 23.8 Å². The van der Waals surface area contributed by atoms with Crippen molar-refractivity contribution >= 4 is 17.6 Å². The maximum atomic E-state index is 12.8. The van der Waals surface area contributed by atoms with E-state index in [4.69, 9.17) is 16.3 Å². The van der Waals surface area contributed by atoms with E-state index in [1.54, 1.807) is 25.1 Å². The van der Waals surface area contributed by atoms with E-state index in [9.17, 15) is 18.0 Å². The summed E-state index contributed by atoms with van der Waals surface area (Å²) in [4.78, 5) is 15.9. The van der Waals surface area contributed by atoms with Gasteiger partial charge in [0.15, 0.2) is 0 Å². The molecule has 0 N–H and O–H groups in total. The summed E-state index contributed by atoms with van der Waals surface area (Å²) in [5.74, 6) is -0.529. The Hall–Kier alpha value is -2.08. The molecule has 0 amide bonds. The van der Waals surface area contributed by atoms with Crippen LogP contribution in [0.4, 0.5) is 13.2 Å². The van der Waals surface area contributed by atoms with Gasteiger partial charge < -0.3 is 4.74 Å². The number of alkyl halides is 3. The molecule has 1 saturated carbocycles. The summed E-state index contributed by atoms with van der Waals surface area (Å²) in [6, 6.07) is 8.27. The number of halogens is 4. The number of hydrogen-bond acceptors (Lipinski definition) is 3. The summed E-state index contributed by atoms with van der Waals surface area (Å²) in [7, 11) is 0. The molecule has 1 aliphatic rings. The molecule has 7 heteroatoms. The SMILES string of the molecule is CCOC(=O)C1CC1c1ccc(-c2cccc(C(F)(F)F)c2)nc1Cl. The number of nitrogens with zero attached hydrogens (tertiary/aromatic N) is 1. The average molecular weight is 370 g/mol. The van der Waals surface area contributed by atoms with Gasteiger partial charge in [-0.2, -0.15) is 13.2 Å². The summed E-state index contributed by atoms with van der Waals surface area (Å²) in [6.07, 6.45) is -3.77. The van der Waals surface area contributed by atoms with Crippen molar-refractivity contribution in [1.82, 2.24) is 4.98 Å². The van der Waals surface area contributed by atoms with Crippen LogP contribution in [0, 0.1) is 5.92 Å². The second-order valence-corrected chi connectivity index (χ2v) is 6.21. The van der Waals surface area contributed by atoms with Crippen molar-refractivity contribution in [2.24, 2.45) is 5.92 Å². The molecule has 0 bridgehead atoms. The number of ether oxygens (including phenoxy) is 1. The van der Waals surface area contributed by atoms with Crippen molar-refractivity contribution in [2.75, 3.05) is 6.61 Å². The van der Waals surface area contributed by atoms with Crippen LogP contribution < -0.4 is 0 Å². The normalized spacial score (nSPS) is 19.6. The minimum Gasteiger partial charge on any atom is -0.466 e. The quantitative estimate of drug-likeness (QED) is 0.556. The Labute approximate surface area is 147 Å². The molecule has 3 nitrogen and oxygen atoms in total. The van der Waals surface area contributed by atoms with Gasteiger partial charge in [0.25, 0.3) is 0 Å². The van der Waals surface area contributed by atoms with Gasteiger partial charge in [-0.1, -0.05) is 29.8 Å². The molecule has 1 fully saturated rings. The Morgan fingerprint density at radius 2 is 2.08 bits per heavy atom. The molecule has 1 aromatic heterocycles. The minimum absolute atomic E-state index is 0.0467. The summed E-state index contributed by atoms with van der Waals surface area (Å²) >= 11 is 6.21. The number of esters is 1. The van der Waals surface area contributed by atoms with E-state index in [1.807, 2.05) is 0 Å². The third-order valence-electron chi connectivity index (χ3n) is 4.14. The smallest absolute Gasteiger partial charge is 0.416 e. The molecule has 25 heavy (non-hydrogen) atoms. The monoisotopic (exact) mass is 369 g/mol. The highest BCUT2D eigenvalue weighted by Crippen LogP contribution is 2.50. The molecule has 0 aliphatic heterocycles. The lowest BCUT2D eigenvalue weighted by Crippen LogP contribution is -2.07. The summed E-state index contributed by atoms with van der Waals surface area (Å²) in [6.45, 7) is 2.07. The maximum Gasteiger partial charge on any atom is 0.416 e. The Bertz CT molecular complexity index is 807. The van der Waals surface area contributed by atoms with Gasteiger partial charge in [0.1, 0.15) is 5.15 Å². The zero-order valence-corrected chi connectivity index (χ0v) is 14.1. The molecular weight excluding hydrogens is 355 g/mol. The summed E-state index contributed by atoms with van der Waals surface area (Å²) < 4.78 is 43.5. The largest absolute Gasteiger partial charge is 0.466 e. The third-order valence-corrected chi connectivity index (χ3v) is 4.45. The molecule has 0 saturated heterocycles. The lowest BCUT2D eigenvalue weighted by Gasteiger charge is -2.10. The standard InChI is InChI=1S/C18H15ClF3NO2/c1-2-25-17(24)14-9-13(14)12-6-7-15(23-16(12)19)10-4-3-5-11(8-10)18(20,21)22/h3-8,13-14H,2,9H2,1H3. The van der Waals surface area contributed by atoms with E-state index in [1.165, 1.54) is 6.07 Å². The van der Waals surface area contributed by atoms with Crippen molar-refractivity contribution in [2.45, 2.75) is 25.4 Å². The summed E-state index contributed by atoms with van der Waals surface area (Å²) in [5, 5.41) is 0.201. The van der Waals surface area contributed by atoms with E-state index < -0.39 is 11.7 Å². The molecule has 2 unspecified atom stereocenters. The fourth-order valence-electron chi connectivity index (χ4n) is 2.79. The van der Waals surface area contributed by atoms with Crippen LogP contribution >= 0.6 is 11.6 Å². The number of benzene rings is 1. The molecule has 132 valence electrons. The molecule has 1 heterocycles. The molecule has 1 aliphatic carbocycles. The molecule has 2 aromatic rings. The van der Waals surface area contributed by atoms with Gasteiger partial charge in [-0.15, -0.1) is 0 Å². The zero-order valence-electron chi connectivity index (χ0n) is 13.3. The van der Waals surface area contributed by atoms with E-state index >= 15 is 0 Å². The van der Waals surface area contributed by atoms with Crippen LogP contribution in [-0.4, -0.2) is 17.6 Å². The maximum absolute atomic E-state index is 12.8. The Kier molecular flexibility index (Phi) is 4.73. The third kappa shape index (κ3) is 3.79. The van der Waals surface area contributed by atoms with Crippen molar-refractivity contribution in [3.05, 3.63) is 52.7 Å². The molecule has 0 radical (unpaired) electrons. The summed E-state index contributed by atoms with van der Waals surface area (Å²) in [5.41, 5.74) is 0.668. The highest BCUT2D eigenvalue weighted by molar-refractivity contribution is 6.30. The van der Waals surface area contributed by atoms with Crippen LogP contribution in [0.5, 0.6) is 0 Å². The van der Waals surface area contributed by atoms with Gasteiger partial charge in [0, 0.05) is 11.5 Å². The average Bonchev–Trinajstić information content (AvgIpc) is 3.35. The van der Waals surface area contributed by atoms with Crippen molar-refractivity contribution in [3.8, 4) is 11.3 Å². The predicted octanol–water partition coefficient (Wildman–Crippen LogP) is 5.09. The van der Waals surface area contributed by atoms with Gasteiger partial charge in [-0.25, -0.2) is 4.98 Å². The van der Waals surface area contributed by atoms with E-state index in [-0.39, 0.29) is 23.0 Å².